The fraction of sp³-hybridized carbons (Fsp3) is 0.286. The number of hydrogen-bond donors (Lipinski definition) is 1. The molecule has 1 N–H and O–H groups in total. The van der Waals surface area contributed by atoms with E-state index in [2.05, 4.69) is 5.32 Å². The summed E-state index contributed by atoms with van der Waals surface area (Å²) in [5, 5.41) is 2.54. The van der Waals surface area contributed by atoms with E-state index in [-0.39, 0.29) is 0 Å². The summed E-state index contributed by atoms with van der Waals surface area (Å²) >= 11 is 0. The van der Waals surface area contributed by atoms with E-state index in [0.29, 0.717) is 27.8 Å². The van der Waals surface area contributed by atoms with Gasteiger partial charge in [-0.3, -0.25) is 19.3 Å². The Balaban J connectivity index is 1.97. The molecule has 1 aromatic carbocycles. The molecule has 116 valence electrons. The lowest BCUT2D eigenvalue weighted by atomic mass is 10.3. The minimum atomic E-state index is -1.01. The minimum absolute atomic E-state index is 0.493. The number of nitrogens with zero attached hydrogens (tertiary/aromatic N) is 2. The van der Waals surface area contributed by atoms with Crippen LogP contribution in [0.15, 0.2) is 24.3 Å². The van der Waals surface area contributed by atoms with Crippen LogP contribution in [0.2, 0.25) is 0 Å². The molecule has 0 bridgehead atoms. The van der Waals surface area contributed by atoms with Crippen molar-refractivity contribution in [1.29, 1.82) is 0 Å². The molecule has 0 unspecified atom stereocenters. The molecule has 1 aliphatic heterocycles. The number of carbonyl (C=O) groups is 4. The molecule has 0 aromatic heterocycles. The van der Waals surface area contributed by atoms with Crippen molar-refractivity contribution in [3.8, 4) is 5.75 Å². The third-order valence-electron chi connectivity index (χ3n) is 3.00. The molecule has 5 amide bonds. The molecule has 1 fully saturated rings. The highest BCUT2D eigenvalue weighted by atomic mass is 16.5. The van der Waals surface area contributed by atoms with Gasteiger partial charge in [-0.25, -0.2) is 9.69 Å². The Hall–Kier alpha value is -2.90. The molecule has 1 heterocycles. The second-order valence-electron chi connectivity index (χ2n) is 4.54. The molecule has 0 aliphatic carbocycles. The lowest BCUT2D eigenvalue weighted by Gasteiger charge is -2.13. The number of imide groups is 2. The fourth-order valence-electron chi connectivity index (χ4n) is 1.90. The van der Waals surface area contributed by atoms with Gasteiger partial charge in [-0.1, -0.05) is 0 Å². The average molecular weight is 305 g/mol. The number of likely N-dealkylation sites (N-methyl/N-ethyl adjacent to an activating group) is 1. The van der Waals surface area contributed by atoms with Gasteiger partial charge in [-0.05, 0) is 31.2 Å². The topological polar surface area (TPSA) is 96.0 Å². The monoisotopic (exact) mass is 305 g/mol. The van der Waals surface area contributed by atoms with Crippen molar-refractivity contribution in [1.82, 2.24) is 9.80 Å². The Morgan fingerprint density at radius 2 is 1.77 bits per heavy atom. The van der Waals surface area contributed by atoms with Crippen molar-refractivity contribution < 1.29 is 23.9 Å². The second kappa shape index (κ2) is 6.25. The maximum atomic E-state index is 11.9. The van der Waals surface area contributed by atoms with Crippen LogP contribution in [0.4, 0.5) is 10.5 Å². The third kappa shape index (κ3) is 3.05. The summed E-state index contributed by atoms with van der Waals surface area (Å²) in [5.41, 5.74) is 0.493. The quantitative estimate of drug-likeness (QED) is 0.629. The van der Waals surface area contributed by atoms with Crippen LogP contribution in [0.3, 0.4) is 0 Å². The van der Waals surface area contributed by atoms with E-state index in [1.54, 1.807) is 24.3 Å². The SMILES string of the molecule is CCOc1ccc(NC(=O)CN2C(=O)C(=O)N(C)C2=O)cc1. The molecule has 2 rings (SSSR count). The van der Waals surface area contributed by atoms with Crippen molar-refractivity contribution in [2.75, 3.05) is 25.5 Å². The van der Waals surface area contributed by atoms with Gasteiger partial charge in [0.2, 0.25) is 5.91 Å². The first-order chi connectivity index (χ1) is 10.4. The maximum Gasteiger partial charge on any atom is 0.334 e. The van der Waals surface area contributed by atoms with Crippen LogP contribution in [0, 0.1) is 0 Å². The zero-order valence-electron chi connectivity index (χ0n) is 12.2. The lowest BCUT2D eigenvalue weighted by Crippen LogP contribution is -2.38. The maximum absolute atomic E-state index is 11.9. The van der Waals surface area contributed by atoms with Crippen molar-refractivity contribution in [3.63, 3.8) is 0 Å². The Morgan fingerprint density at radius 3 is 2.27 bits per heavy atom. The molecule has 8 nitrogen and oxygen atoms in total. The molecule has 0 spiro atoms. The van der Waals surface area contributed by atoms with E-state index in [9.17, 15) is 19.2 Å². The number of rotatable bonds is 5. The molecular weight excluding hydrogens is 290 g/mol. The van der Waals surface area contributed by atoms with Gasteiger partial charge in [0.1, 0.15) is 12.3 Å². The summed E-state index contributed by atoms with van der Waals surface area (Å²) in [7, 11) is 1.19. The van der Waals surface area contributed by atoms with Crippen LogP contribution in [-0.4, -0.2) is 53.8 Å². The van der Waals surface area contributed by atoms with Crippen molar-refractivity contribution in [2.24, 2.45) is 0 Å². The zero-order valence-corrected chi connectivity index (χ0v) is 12.2. The van der Waals surface area contributed by atoms with Gasteiger partial charge < -0.3 is 10.1 Å². The Labute approximate surface area is 126 Å². The first-order valence-corrected chi connectivity index (χ1v) is 6.60. The Morgan fingerprint density at radius 1 is 1.14 bits per heavy atom. The van der Waals surface area contributed by atoms with Crippen LogP contribution in [-0.2, 0) is 14.4 Å². The summed E-state index contributed by atoms with van der Waals surface area (Å²) in [5.74, 6) is -1.86. The molecule has 8 heteroatoms. The van der Waals surface area contributed by atoms with E-state index < -0.39 is 30.3 Å². The van der Waals surface area contributed by atoms with Crippen LogP contribution >= 0.6 is 0 Å². The number of benzene rings is 1. The first kappa shape index (κ1) is 15.5. The predicted molar refractivity (Wildman–Crippen MR) is 76.1 cm³/mol. The van der Waals surface area contributed by atoms with Gasteiger partial charge in [-0.15, -0.1) is 0 Å². The van der Waals surface area contributed by atoms with Crippen molar-refractivity contribution in [2.45, 2.75) is 6.92 Å². The van der Waals surface area contributed by atoms with Gasteiger partial charge in [0.15, 0.2) is 0 Å². The largest absolute Gasteiger partial charge is 0.494 e. The summed E-state index contributed by atoms with van der Waals surface area (Å²) in [4.78, 5) is 47.7. The lowest BCUT2D eigenvalue weighted by molar-refractivity contribution is -0.143. The van der Waals surface area contributed by atoms with Crippen molar-refractivity contribution >= 4 is 29.4 Å². The summed E-state index contributed by atoms with van der Waals surface area (Å²) < 4.78 is 5.27. The molecule has 0 atom stereocenters. The zero-order chi connectivity index (χ0) is 16.3. The predicted octanol–water partition coefficient (Wildman–Crippen LogP) is 0.444. The third-order valence-corrected chi connectivity index (χ3v) is 3.00. The second-order valence-corrected chi connectivity index (χ2v) is 4.54. The number of nitrogens with one attached hydrogen (secondary N) is 1. The first-order valence-electron chi connectivity index (χ1n) is 6.60. The van der Waals surface area contributed by atoms with Crippen molar-refractivity contribution in [3.05, 3.63) is 24.3 Å². The number of urea groups is 1. The van der Waals surface area contributed by atoms with Crippen LogP contribution in [0.1, 0.15) is 6.92 Å². The van der Waals surface area contributed by atoms with E-state index in [1.807, 2.05) is 6.92 Å². The smallest absolute Gasteiger partial charge is 0.334 e. The molecule has 1 aromatic rings. The highest BCUT2D eigenvalue weighted by Gasteiger charge is 2.42. The van der Waals surface area contributed by atoms with E-state index >= 15 is 0 Å². The molecule has 1 saturated heterocycles. The standard InChI is InChI=1S/C14H15N3O5/c1-3-22-10-6-4-9(5-7-10)15-11(18)8-17-13(20)12(19)16(2)14(17)21/h4-7H,3,8H2,1-2H3,(H,15,18). The highest BCUT2D eigenvalue weighted by Crippen LogP contribution is 2.16. The van der Waals surface area contributed by atoms with Gasteiger partial charge in [-0.2, -0.15) is 0 Å². The molecule has 1 aliphatic rings. The molecular formula is C14H15N3O5. The van der Waals surface area contributed by atoms with Crippen LogP contribution in [0.25, 0.3) is 0 Å². The van der Waals surface area contributed by atoms with Crippen LogP contribution in [0.5, 0.6) is 5.75 Å². The highest BCUT2D eigenvalue weighted by molar-refractivity contribution is 6.44. The molecule has 0 radical (unpaired) electrons. The van der Waals surface area contributed by atoms with Gasteiger partial charge in [0.25, 0.3) is 0 Å². The van der Waals surface area contributed by atoms with Gasteiger partial charge >= 0.3 is 17.8 Å². The number of amides is 5. The number of anilines is 1. The van der Waals surface area contributed by atoms with Crippen LogP contribution < -0.4 is 10.1 Å². The van der Waals surface area contributed by atoms with Gasteiger partial charge in [0, 0.05) is 12.7 Å². The number of ether oxygens (including phenoxy) is 1. The molecule has 0 saturated carbocycles. The van der Waals surface area contributed by atoms with E-state index in [0.717, 1.165) is 0 Å². The fourth-order valence-corrected chi connectivity index (χ4v) is 1.90. The number of hydrogen-bond acceptors (Lipinski definition) is 5. The minimum Gasteiger partial charge on any atom is -0.494 e. The average Bonchev–Trinajstić information content (AvgIpc) is 2.67. The van der Waals surface area contributed by atoms with E-state index in [4.69, 9.17) is 4.74 Å². The summed E-state index contributed by atoms with van der Waals surface area (Å²) in [6, 6.07) is 5.82. The summed E-state index contributed by atoms with van der Waals surface area (Å²) in [6.45, 7) is 1.88. The van der Waals surface area contributed by atoms with E-state index in [1.165, 1.54) is 7.05 Å². The Kier molecular flexibility index (Phi) is 4.40. The molecule has 22 heavy (non-hydrogen) atoms. The summed E-state index contributed by atoms with van der Waals surface area (Å²) in [6.07, 6.45) is 0. The normalized spacial score (nSPS) is 14.5. The Bertz CT molecular complexity index is 626. The van der Waals surface area contributed by atoms with Gasteiger partial charge in [0.05, 0.1) is 6.61 Å². The number of carbonyl (C=O) groups excluding carboxylic acids is 4.